The number of H-pyrrole nitrogens is 1. The summed E-state index contributed by atoms with van der Waals surface area (Å²) in [4.78, 5) is 15.6. The monoisotopic (exact) mass is 263 g/mol. The smallest absolute Gasteiger partial charge is 0.163 e. The Morgan fingerprint density at radius 3 is 2.50 bits per heavy atom. The third-order valence-corrected chi connectivity index (χ3v) is 3.67. The van der Waals surface area contributed by atoms with Gasteiger partial charge in [-0.3, -0.25) is 4.79 Å². The predicted molar refractivity (Wildman–Crippen MR) is 82.1 cm³/mol. The normalized spacial score (nSPS) is 12.4. The quantitative estimate of drug-likeness (QED) is 0.688. The summed E-state index contributed by atoms with van der Waals surface area (Å²) in [5.74, 6) is 0.381. The molecule has 1 atom stereocenters. The lowest BCUT2D eigenvalue weighted by Crippen LogP contribution is -2.05. The molecule has 0 saturated heterocycles. The van der Waals surface area contributed by atoms with Crippen molar-refractivity contribution >= 4 is 16.7 Å². The Morgan fingerprint density at radius 1 is 1.05 bits per heavy atom. The number of Topliss-reactive ketones (excluding diaryl/α,β-unsaturated/α-hetero) is 1. The SMILES string of the molecule is C[C@H](CC(=O)c1ccccc1)c1cc2ccccc2[nH]1. The molecule has 0 aliphatic carbocycles. The molecule has 2 nitrogen and oxygen atoms in total. The Hall–Kier alpha value is -2.35. The van der Waals surface area contributed by atoms with Crippen molar-refractivity contribution < 1.29 is 4.79 Å². The molecule has 0 fully saturated rings. The molecule has 0 spiro atoms. The van der Waals surface area contributed by atoms with Crippen LogP contribution in [-0.4, -0.2) is 10.8 Å². The summed E-state index contributed by atoms with van der Waals surface area (Å²) < 4.78 is 0. The highest BCUT2D eigenvalue weighted by Gasteiger charge is 2.14. The van der Waals surface area contributed by atoms with E-state index in [1.54, 1.807) is 0 Å². The fraction of sp³-hybridized carbons (Fsp3) is 0.167. The van der Waals surface area contributed by atoms with Gasteiger partial charge in [0, 0.05) is 29.1 Å². The number of hydrogen-bond acceptors (Lipinski definition) is 1. The van der Waals surface area contributed by atoms with E-state index >= 15 is 0 Å². The second-order valence-electron chi connectivity index (χ2n) is 5.21. The minimum atomic E-state index is 0.190. The largest absolute Gasteiger partial charge is 0.358 e. The maximum Gasteiger partial charge on any atom is 0.163 e. The first-order valence-electron chi connectivity index (χ1n) is 6.90. The van der Waals surface area contributed by atoms with Gasteiger partial charge in [0.15, 0.2) is 5.78 Å². The summed E-state index contributed by atoms with van der Waals surface area (Å²) in [5.41, 5.74) is 3.03. The molecule has 0 aliphatic heterocycles. The number of hydrogen-bond donors (Lipinski definition) is 1. The molecule has 1 aromatic heterocycles. The number of fused-ring (bicyclic) bond motifs is 1. The highest BCUT2D eigenvalue weighted by atomic mass is 16.1. The Morgan fingerprint density at radius 2 is 1.75 bits per heavy atom. The van der Waals surface area contributed by atoms with Gasteiger partial charge in [0.1, 0.15) is 0 Å². The van der Waals surface area contributed by atoms with Crippen LogP contribution in [0.2, 0.25) is 0 Å². The van der Waals surface area contributed by atoms with E-state index in [2.05, 4.69) is 30.1 Å². The van der Waals surface area contributed by atoms with Gasteiger partial charge in [0.25, 0.3) is 0 Å². The first-order valence-corrected chi connectivity index (χ1v) is 6.90. The maximum absolute atomic E-state index is 12.2. The summed E-state index contributed by atoms with van der Waals surface area (Å²) >= 11 is 0. The zero-order valence-corrected chi connectivity index (χ0v) is 11.5. The van der Waals surface area contributed by atoms with E-state index in [1.165, 1.54) is 5.39 Å². The Bertz CT molecular complexity index is 694. The Kier molecular flexibility index (Phi) is 3.38. The first kappa shape index (κ1) is 12.7. The van der Waals surface area contributed by atoms with Gasteiger partial charge < -0.3 is 4.98 Å². The van der Waals surface area contributed by atoms with Crippen molar-refractivity contribution in [3.63, 3.8) is 0 Å². The number of aromatic nitrogens is 1. The van der Waals surface area contributed by atoms with Crippen molar-refractivity contribution in [1.82, 2.24) is 4.98 Å². The van der Waals surface area contributed by atoms with Crippen molar-refractivity contribution in [2.75, 3.05) is 0 Å². The zero-order chi connectivity index (χ0) is 13.9. The van der Waals surface area contributed by atoms with E-state index in [0.29, 0.717) is 6.42 Å². The lowest BCUT2D eigenvalue weighted by molar-refractivity contribution is 0.0975. The minimum absolute atomic E-state index is 0.190. The van der Waals surface area contributed by atoms with Crippen LogP contribution in [0, 0.1) is 0 Å². The molecule has 0 aliphatic rings. The van der Waals surface area contributed by atoms with Crippen LogP contribution < -0.4 is 0 Å². The average molecular weight is 263 g/mol. The summed E-state index contributed by atoms with van der Waals surface area (Å²) in [6, 6.07) is 19.8. The minimum Gasteiger partial charge on any atom is -0.358 e. The van der Waals surface area contributed by atoms with Crippen molar-refractivity contribution in [2.45, 2.75) is 19.3 Å². The molecule has 1 N–H and O–H groups in total. The predicted octanol–water partition coefficient (Wildman–Crippen LogP) is 4.54. The van der Waals surface area contributed by atoms with Crippen molar-refractivity contribution in [1.29, 1.82) is 0 Å². The molecular formula is C18H17NO. The van der Waals surface area contributed by atoms with Crippen LogP contribution in [0.5, 0.6) is 0 Å². The zero-order valence-electron chi connectivity index (χ0n) is 11.5. The molecule has 1 heterocycles. The molecule has 2 aromatic carbocycles. The Balaban J connectivity index is 1.79. The standard InChI is InChI=1S/C18H17NO/c1-13(11-18(20)14-7-3-2-4-8-14)17-12-15-9-5-6-10-16(15)19-17/h2-10,12-13,19H,11H2,1H3/t13-/m1/s1. The van der Waals surface area contributed by atoms with Gasteiger partial charge >= 0.3 is 0 Å². The maximum atomic E-state index is 12.2. The molecule has 0 saturated carbocycles. The van der Waals surface area contributed by atoms with E-state index in [0.717, 1.165) is 16.8 Å². The van der Waals surface area contributed by atoms with Crippen LogP contribution in [0.4, 0.5) is 0 Å². The van der Waals surface area contributed by atoms with Crippen molar-refractivity contribution in [3.05, 3.63) is 71.9 Å². The van der Waals surface area contributed by atoms with E-state index in [-0.39, 0.29) is 11.7 Å². The molecule has 3 aromatic rings. The molecule has 3 rings (SSSR count). The number of ketones is 1. The summed E-state index contributed by atoms with van der Waals surface area (Å²) in [6.45, 7) is 2.09. The van der Waals surface area contributed by atoms with Crippen LogP contribution in [0.1, 0.15) is 35.3 Å². The second-order valence-corrected chi connectivity index (χ2v) is 5.21. The van der Waals surface area contributed by atoms with Gasteiger partial charge in [-0.2, -0.15) is 0 Å². The van der Waals surface area contributed by atoms with Crippen LogP contribution in [0.3, 0.4) is 0 Å². The van der Waals surface area contributed by atoms with Crippen LogP contribution in [-0.2, 0) is 0 Å². The summed E-state index contributed by atoms with van der Waals surface area (Å²) in [7, 11) is 0. The number of para-hydroxylation sites is 1. The topological polar surface area (TPSA) is 32.9 Å². The van der Waals surface area contributed by atoms with Crippen molar-refractivity contribution in [2.24, 2.45) is 0 Å². The fourth-order valence-corrected chi connectivity index (χ4v) is 2.49. The molecular weight excluding hydrogens is 246 g/mol. The molecule has 2 heteroatoms. The number of benzene rings is 2. The van der Waals surface area contributed by atoms with Gasteiger partial charge in [-0.05, 0) is 17.5 Å². The third-order valence-electron chi connectivity index (χ3n) is 3.67. The lowest BCUT2D eigenvalue weighted by atomic mass is 9.97. The molecule has 0 radical (unpaired) electrons. The van der Waals surface area contributed by atoms with E-state index < -0.39 is 0 Å². The molecule has 0 amide bonds. The number of nitrogens with one attached hydrogen (secondary N) is 1. The van der Waals surface area contributed by atoms with E-state index in [9.17, 15) is 4.79 Å². The number of rotatable bonds is 4. The molecule has 100 valence electrons. The highest BCUT2D eigenvalue weighted by Crippen LogP contribution is 2.24. The summed E-state index contributed by atoms with van der Waals surface area (Å²) in [6.07, 6.45) is 0.525. The summed E-state index contributed by atoms with van der Waals surface area (Å²) in [5, 5.41) is 1.20. The number of carbonyl (C=O) groups is 1. The van der Waals surface area contributed by atoms with E-state index in [1.807, 2.05) is 42.5 Å². The van der Waals surface area contributed by atoms with Crippen LogP contribution in [0.25, 0.3) is 10.9 Å². The number of aromatic amines is 1. The Labute approximate surface area is 118 Å². The van der Waals surface area contributed by atoms with Gasteiger partial charge in [-0.25, -0.2) is 0 Å². The van der Waals surface area contributed by atoms with Gasteiger partial charge in [0.2, 0.25) is 0 Å². The van der Waals surface area contributed by atoms with Gasteiger partial charge in [0.05, 0.1) is 0 Å². The van der Waals surface area contributed by atoms with E-state index in [4.69, 9.17) is 0 Å². The molecule has 0 unspecified atom stereocenters. The molecule has 20 heavy (non-hydrogen) atoms. The average Bonchev–Trinajstić information content (AvgIpc) is 2.92. The van der Waals surface area contributed by atoms with Crippen molar-refractivity contribution in [3.8, 4) is 0 Å². The fourth-order valence-electron chi connectivity index (χ4n) is 2.49. The molecule has 0 bridgehead atoms. The number of carbonyl (C=O) groups excluding carboxylic acids is 1. The van der Waals surface area contributed by atoms with Gasteiger partial charge in [-0.1, -0.05) is 55.5 Å². The third kappa shape index (κ3) is 2.50. The first-order chi connectivity index (χ1) is 9.74. The highest BCUT2D eigenvalue weighted by molar-refractivity contribution is 5.96. The van der Waals surface area contributed by atoms with Crippen LogP contribution in [0.15, 0.2) is 60.7 Å². The second kappa shape index (κ2) is 5.33. The lowest BCUT2D eigenvalue weighted by Gasteiger charge is -2.08. The van der Waals surface area contributed by atoms with Gasteiger partial charge in [-0.15, -0.1) is 0 Å². The van der Waals surface area contributed by atoms with Crippen LogP contribution >= 0.6 is 0 Å².